The van der Waals surface area contributed by atoms with E-state index in [1.54, 1.807) is 30.3 Å². The lowest BCUT2D eigenvalue weighted by molar-refractivity contribution is -0.384. The van der Waals surface area contributed by atoms with Crippen LogP contribution in [0.15, 0.2) is 36.4 Å². The number of carbonyl (C=O) groups excluding carboxylic acids is 1. The van der Waals surface area contributed by atoms with Gasteiger partial charge in [0.05, 0.1) is 30.9 Å². The summed E-state index contributed by atoms with van der Waals surface area (Å²) in [5, 5.41) is 14.6. The third-order valence-corrected chi connectivity index (χ3v) is 4.43. The number of nitro groups is 1. The van der Waals surface area contributed by atoms with Crippen molar-refractivity contribution < 1.29 is 19.2 Å². The van der Waals surface area contributed by atoms with Gasteiger partial charge in [0, 0.05) is 29.7 Å². The van der Waals surface area contributed by atoms with E-state index in [9.17, 15) is 14.9 Å². The molecule has 2 aromatic carbocycles. The highest BCUT2D eigenvalue weighted by Gasteiger charge is 2.23. The molecule has 3 rings (SSSR count). The highest BCUT2D eigenvalue weighted by Crippen LogP contribution is 2.31. The largest absolute Gasteiger partial charge is 0.495 e. The molecule has 0 aromatic heterocycles. The average molecular weight is 392 g/mol. The first-order chi connectivity index (χ1) is 13.0. The number of ether oxygens (including phenoxy) is 2. The average Bonchev–Trinajstić information content (AvgIpc) is 2.68. The molecule has 1 amide bonds. The van der Waals surface area contributed by atoms with E-state index in [0.717, 1.165) is 0 Å². The summed E-state index contributed by atoms with van der Waals surface area (Å²) in [5.41, 5.74) is 0.901. The minimum atomic E-state index is -0.493. The van der Waals surface area contributed by atoms with E-state index < -0.39 is 10.8 Å². The van der Waals surface area contributed by atoms with Crippen LogP contribution in [0, 0.1) is 10.1 Å². The molecule has 0 bridgehead atoms. The molecule has 1 heterocycles. The summed E-state index contributed by atoms with van der Waals surface area (Å²) in [6.45, 7) is 2.14. The van der Waals surface area contributed by atoms with Gasteiger partial charge in [-0.05, 0) is 30.3 Å². The van der Waals surface area contributed by atoms with E-state index >= 15 is 0 Å². The number of morpholine rings is 1. The van der Waals surface area contributed by atoms with Crippen LogP contribution in [-0.2, 0) is 4.74 Å². The Kier molecular flexibility index (Phi) is 5.78. The van der Waals surface area contributed by atoms with E-state index in [1.165, 1.54) is 13.2 Å². The molecule has 0 unspecified atom stereocenters. The molecule has 0 radical (unpaired) electrons. The van der Waals surface area contributed by atoms with Crippen LogP contribution in [0.2, 0.25) is 5.02 Å². The van der Waals surface area contributed by atoms with Gasteiger partial charge >= 0.3 is 0 Å². The second-order valence-electron chi connectivity index (χ2n) is 5.86. The van der Waals surface area contributed by atoms with Gasteiger partial charge in [0.15, 0.2) is 0 Å². The van der Waals surface area contributed by atoms with Gasteiger partial charge in [-0.2, -0.15) is 0 Å². The zero-order chi connectivity index (χ0) is 19.4. The summed E-state index contributed by atoms with van der Waals surface area (Å²) in [6, 6.07) is 9.24. The number of rotatable bonds is 5. The molecule has 0 saturated carbocycles. The van der Waals surface area contributed by atoms with E-state index in [-0.39, 0.29) is 11.3 Å². The Labute approximate surface area is 160 Å². The van der Waals surface area contributed by atoms with Crippen molar-refractivity contribution in [3.05, 3.63) is 57.1 Å². The van der Waals surface area contributed by atoms with Gasteiger partial charge in [0.1, 0.15) is 11.4 Å². The second kappa shape index (κ2) is 8.24. The van der Waals surface area contributed by atoms with Gasteiger partial charge in [-0.3, -0.25) is 14.9 Å². The van der Waals surface area contributed by atoms with Crippen molar-refractivity contribution in [2.45, 2.75) is 0 Å². The third-order valence-electron chi connectivity index (χ3n) is 4.20. The number of anilines is 2. The molecule has 1 N–H and O–H groups in total. The molecule has 1 aliphatic rings. The van der Waals surface area contributed by atoms with Gasteiger partial charge < -0.3 is 19.7 Å². The van der Waals surface area contributed by atoms with Crippen LogP contribution in [0.3, 0.4) is 0 Å². The van der Waals surface area contributed by atoms with E-state index in [4.69, 9.17) is 21.1 Å². The van der Waals surface area contributed by atoms with E-state index in [1.807, 2.05) is 4.90 Å². The number of nitrogens with zero attached hydrogens (tertiary/aromatic N) is 2. The number of hydrogen-bond acceptors (Lipinski definition) is 6. The van der Waals surface area contributed by atoms with Crippen LogP contribution in [-0.4, -0.2) is 44.2 Å². The number of nitrogens with one attached hydrogen (secondary N) is 1. The Morgan fingerprint density at radius 1 is 1.26 bits per heavy atom. The molecule has 2 aromatic rings. The van der Waals surface area contributed by atoms with Crippen molar-refractivity contribution in [2.24, 2.45) is 0 Å². The maximum atomic E-state index is 12.6. The number of nitro benzene ring substituents is 1. The van der Waals surface area contributed by atoms with Crippen molar-refractivity contribution in [2.75, 3.05) is 43.6 Å². The second-order valence-corrected chi connectivity index (χ2v) is 6.30. The number of amides is 1. The lowest BCUT2D eigenvalue weighted by Crippen LogP contribution is -2.36. The number of benzene rings is 2. The van der Waals surface area contributed by atoms with Crippen LogP contribution in [0.5, 0.6) is 5.75 Å². The molecular weight excluding hydrogens is 374 g/mol. The SMILES string of the molecule is COc1ccc(Cl)cc1NC(=O)c1ccc(N2CCOCC2)c([N+](=O)[O-])c1. The lowest BCUT2D eigenvalue weighted by Gasteiger charge is -2.28. The molecule has 0 spiro atoms. The summed E-state index contributed by atoms with van der Waals surface area (Å²) < 4.78 is 10.5. The van der Waals surface area contributed by atoms with Crippen molar-refractivity contribution in [3.63, 3.8) is 0 Å². The molecule has 1 saturated heterocycles. The van der Waals surface area contributed by atoms with Gasteiger partial charge in [0.2, 0.25) is 0 Å². The Balaban J connectivity index is 1.88. The Bertz CT molecular complexity index is 868. The third kappa shape index (κ3) is 4.29. The van der Waals surface area contributed by atoms with Crippen LogP contribution < -0.4 is 15.0 Å². The maximum Gasteiger partial charge on any atom is 0.293 e. The van der Waals surface area contributed by atoms with Crippen LogP contribution >= 0.6 is 11.6 Å². The molecule has 9 heteroatoms. The standard InChI is InChI=1S/C18H18ClN3O5/c1-26-17-5-3-13(19)11-14(17)20-18(23)12-2-4-15(16(10-12)22(24)25)21-6-8-27-9-7-21/h2-5,10-11H,6-9H2,1H3,(H,20,23). The molecule has 8 nitrogen and oxygen atoms in total. The highest BCUT2D eigenvalue weighted by molar-refractivity contribution is 6.31. The molecule has 1 aliphatic heterocycles. The number of carbonyl (C=O) groups is 1. The summed E-state index contributed by atoms with van der Waals surface area (Å²) in [7, 11) is 1.47. The summed E-state index contributed by atoms with van der Waals surface area (Å²) in [4.78, 5) is 25.5. The minimum absolute atomic E-state index is 0.123. The van der Waals surface area contributed by atoms with E-state index in [0.29, 0.717) is 48.5 Å². The predicted molar refractivity (Wildman–Crippen MR) is 102 cm³/mol. The van der Waals surface area contributed by atoms with Gasteiger partial charge in [-0.1, -0.05) is 11.6 Å². The van der Waals surface area contributed by atoms with Gasteiger partial charge in [0.25, 0.3) is 11.6 Å². The first-order valence-electron chi connectivity index (χ1n) is 8.25. The molecular formula is C18H18ClN3O5. The zero-order valence-electron chi connectivity index (χ0n) is 14.6. The minimum Gasteiger partial charge on any atom is -0.495 e. The van der Waals surface area contributed by atoms with Gasteiger partial charge in [-0.15, -0.1) is 0 Å². The van der Waals surface area contributed by atoms with Crippen LogP contribution in [0.25, 0.3) is 0 Å². The van der Waals surface area contributed by atoms with Crippen molar-refractivity contribution >= 4 is 34.6 Å². The summed E-state index contributed by atoms with van der Waals surface area (Å²) in [5.74, 6) is -0.0561. The molecule has 0 aliphatic carbocycles. The topological polar surface area (TPSA) is 93.9 Å². The summed E-state index contributed by atoms with van der Waals surface area (Å²) in [6.07, 6.45) is 0. The Morgan fingerprint density at radius 2 is 2.00 bits per heavy atom. The molecule has 1 fully saturated rings. The number of hydrogen-bond donors (Lipinski definition) is 1. The van der Waals surface area contributed by atoms with Crippen LogP contribution in [0.1, 0.15) is 10.4 Å². The monoisotopic (exact) mass is 391 g/mol. The quantitative estimate of drug-likeness (QED) is 0.620. The first kappa shape index (κ1) is 18.9. The molecule has 27 heavy (non-hydrogen) atoms. The Hall–Kier alpha value is -2.84. The zero-order valence-corrected chi connectivity index (χ0v) is 15.4. The lowest BCUT2D eigenvalue weighted by atomic mass is 10.1. The maximum absolute atomic E-state index is 12.6. The fraction of sp³-hybridized carbons (Fsp3) is 0.278. The number of halogens is 1. The molecule has 142 valence electrons. The van der Waals surface area contributed by atoms with Crippen molar-refractivity contribution in [3.8, 4) is 5.75 Å². The van der Waals surface area contributed by atoms with Crippen molar-refractivity contribution in [1.82, 2.24) is 0 Å². The normalized spacial score (nSPS) is 13.9. The first-order valence-corrected chi connectivity index (χ1v) is 8.63. The fourth-order valence-electron chi connectivity index (χ4n) is 2.85. The van der Waals surface area contributed by atoms with Crippen LogP contribution in [0.4, 0.5) is 17.1 Å². The van der Waals surface area contributed by atoms with Gasteiger partial charge in [-0.25, -0.2) is 0 Å². The summed E-state index contributed by atoms with van der Waals surface area (Å²) >= 11 is 5.96. The smallest absolute Gasteiger partial charge is 0.293 e. The fourth-order valence-corrected chi connectivity index (χ4v) is 3.03. The molecule has 0 atom stereocenters. The van der Waals surface area contributed by atoms with Crippen molar-refractivity contribution in [1.29, 1.82) is 0 Å². The highest BCUT2D eigenvalue weighted by atomic mass is 35.5. The predicted octanol–water partition coefficient (Wildman–Crippen LogP) is 3.35. The van der Waals surface area contributed by atoms with E-state index in [2.05, 4.69) is 5.32 Å². The Morgan fingerprint density at radius 3 is 2.67 bits per heavy atom. The number of methoxy groups -OCH3 is 1.